The first kappa shape index (κ1) is 18.9. The van der Waals surface area contributed by atoms with E-state index >= 15 is 0 Å². The number of benzene rings is 1. The molecule has 1 amide bonds. The number of carbonyl (C=O) groups excluding carboxylic acids is 1. The molecule has 0 fully saturated rings. The third kappa shape index (κ3) is 5.53. The number of anilines is 1. The summed E-state index contributed by atoms with van der Waals surface area (Å²) in [5.41, 5.74) is 0.638. The van der Waals surface area contributed by atoms with E-state index in [1.165, 1.54) is 0 Å². The van der Waals surface area contributed by atoms with Crippen molar-refractivity contribution in [3.05, 3.63) is 41.9 Å². The molecule has 6 nitrogen and oxygen atoms in total. The zero-order valence-corrected chi connectivity index (χ0v) is 15.5. The Kier molecular flexibility index (Phi) is 6.47. The Labute approximate surface area is 148 Å². The summed E-state index contributed by atoms with van der Waals surface area (Å²) >= 11 is 0. The average Bonchev–Trinajstić information content (AvgIpc) is 2.98. The molecule has 136 valence electrons. The summed E-state index contributed by atoms with van der Waals surface area (Å²) in [6.45, 7) is 6.86. The number of nitrogens with zero attached hydrogens (tertiary/aromatic N) is 1. The lowest BCUT2D eigenvalue weighted by molar-refractivity contribution is -0.117. The molecule has 0 aliphatic rings. The summed E-state index contributed by atoms with van der Waals surface area (Å²) in [4.78, 5) is 14.5. The Morgan fingerprint density at radius 1 is 1.16 bits per heavy atom. The normalized spacial score (nSPS) is 11.0. The Morgan fingerprint density at radius 2 is 1.80 bits per heavy atom. The molecular formula is C19H26N2O4. The first-order chi connectivity index (χ1) is 11.9. The van der Waals surface area contributed by atoms with Gasteiger partial charge in [0.25, 0.3) is 0 Å². The average molecular weight is 346 g/mol. The number of furan rings is 1. The molecule has 6 heteroatoms. The van der Waals surface area contributed by atoms with Crippen LogP contribution in [0.3, 0.4) is 0 Å². The van der Waals surface area contributed by atoms with Gasteiger partial charge in [0, 0.05) is 29.9 Å². The fourth-order valence-corrected chi connectivity index (χ4v) is 2.46. The molecule has 0 aliphatic carbocycles. The Hall–Kier alpha value is -2.47. The smallest absolute Gasteiger partial charge is 0.238 e. The summed E-state index contributed by atoms with van der Waals surface area (Å²) < 4.78 is 16.1. The molecule has 2 aromatic rings. The first-order valence-corrected chi connectivity index (χ1v) is 8.23. The molecule has 0 saturated carbocycles. The maximum absolute atomic E-state index is 12.5. The van der Waals surface area contributed by atoms with Gasteiger partial charge in [-0.25, -0.2) is 0 Å². The number of aryl methyl sites for hydroxylation is 1. The highest BCUT2D eigenvalue weighted by Gasteiger charge is 2.17. The second kappa shape index (κ2) is 8.58. The minimum absolute atomic E-state index is 0.104. The molecule has 2 rings (SSSR count). The van der Waals surface area contributed by atoms with Gasteiger partial charge in [-0.05, 0) is 32.9 Å². The van der Waals surface area contributed by atoms with Crippen LogP contribution in [0.25, 0.3) is 0 Å². The molecular weight excluding hydrogens is 320 g/mol. The third-order valence-electron chi connectivity index (χ3n) is 3.87. The van der Waals surface area contributed by atoms with Crippen molar-refractivity contribution in [1.29, 1.82) is 0 Å². The van der Waals surface area contributed by atoms with Crippen molar-refractivity contribution in [2.24, 2.45) is 0 Å². The summed E-state index contributed by atoms with van der Waals surface area (Å²) in [5.74, 6) is 2.86. The lowest BCUT2D eigenvalue weighted by Crippen LogP contribution is -2.37. The lowest BCUT2D eigenvalue weighted by atomic mass is 10.2. The monoisotopic (exact) mass is 346 g/mol. The van der Waals surface area contributed by atoms with E-state index in [0.717, 1.165) is 11.5 Å². The van der Waals surface area contributed by atoms with Crippen molar-refractivity contribution in [1.82, 2.24) is 4.90 Å². The van der Waals surface area contributed by atoms with Gasteiger partial charge in [-0.2, -0.15) is 0 Å². The number of amides is 1. The molecule has 0 unspecified atom stereocenters. The van der Waals surface area contributed by atoms with Gasteiger partial charge >= 0.3 is 0 Å². The maximum Gasteiger partial charge on any atom is 0.238 e. The fourth-order valence-electron chi connectivity index (χ4n) is 2.46. The number of hydrogen-bond acceptors (Lipinski definition) is 5. The van der Waals surface area contributed by atoms with Gasteiger partial charge < -0.3 is 19.2 Å². The second-order valence-corrected chi connectivity index (χ2v) is 6.16. The molecule has 1 N–H and O–H groups in total. The Morgan fingerprint density at radius 3 is 2.28 bits per heavy atom. The van der Waals surface area contributed by atoms with Gasteiger partial charge in [0.05, 0.1) is 27.3 Å². The predicted molar refractivity (Wildman–Crippen MR) is 97.2 cm³/mol. The second-order valence-electron chi connectivity index (χ2n) is 6.16. The van der Waals surface area contributed by atoms with Crippen LogP contribution in [0.4, 0.5) is 5.69 Å². The number of hydrogen-bond donors (Lipinski definition) is 1. The van der Waals surface area contributed by atoms with Gasteiger partial charge in [-0.3, -0.25) is 9.69 Å². The quantitative estimate of drug-likeness (QED) is 0.793. The van der Waals surface area contributed by atoms with E-state index < -0.39 is 0 Å². The molecule has 0 atom stereocenters. The van der Waals surface area contributed by atoms with Gasteiger partial charge in [0.1, 0.15) is 23.0 Å². The van der Waals surface area contributed by atoms with Gasteiger partial charge in [-0.15, -0.1) is 0 Å². The van der Waals surface area contributed by atoms with E-state index in [0.29, 0.717) is 23.7 Å². The van der Waals surface area contributed by atoms with Crippen LogP contribution in [0.1, 0.15) is 25.4 Å². The minimum atomic E-state index is -0.104. The lowest BCUT2D eigenvalue weighted by Gasteiger charge is -2.24. The highest BCUT2D eigenvalue weighted by atomic mass is 16.5. The predicted octanol–water partition coefficient (Wildman–Crippen LogP) is 3.45. The zero-order chi connectivity index (χ0) is 18.4. The highest BCUT2D eigenvalue weighted by Crippen LogP contribution is 2.25. The molecule has 25 heavy (non-hydrogen) atoms. The molecule has 0 bridgehead atoms. The van der Waals surface area contributed by atoms with Crippen molar-refractivity contribution in [2.45, 2.75) is 33.4 Å². The number of methoxy groups -OCH3 is 2. The van der Waals surface area contributed by atoms with E-state index in [1.807, 2.05) is 24.0 Å². The number of carbonyl (C=O) groups is 1. The summed E-state index contributed by atoms with van der Waals surface area (Å²) in [5, 5.41) is 2.90. The van der Waals surface area contributed by atoms with Crippen LogP contribution in [0.15, 0.2) is 34.7 Å². The van der Waals surface area contributed by atoms with Crippen LogP contribution in [0.2, 0.25) is 0 Å². The first-order valence-electron chi connectivity index (χ1n) is 8.23. The SMILES string of the molecule is COc1cc(NC(=O)CN(Cc2ccc(C)o2)C(C)C)cc(OC)c1. The van der Waals surface area contributed by atoms with E-state index in [4.69, 9.17) is 13.9 Å². The number of rotatable bonds is 8. The molecule has 1 aromatic carbocycles. The standard InChI is InChI=1S/C19H26N2O4/c1-13(2)21(11-16-7-6-14(3)25-16)12-19(22)20-15-8-17(23-4)10-18(9-15)24-5/h6-10,13H,11-12H2,1-5H3,(H,20,22). The van der Waals surface area contributed by atoms with Crippen molar-refractivity contribution >= 4 is 11.6 Å². The molecule has 0 saturated heterocycles. The van der Waals surface area contributed by atoms with Gasteiger partial charge in [-0.1, -0.05) is 0 Å². The van der Waals surface area contributed by atoms with Crippen LogP contribution in [0, 0.1) is 6.92 Å². The van der Waals surface area contributed by atoms with E-state index in [1.54, 1.807) is 32.4 Å². The fraction of sp³-hybridized carbons (Fsp3) is 0.421. The van der Waals surface area contributed by atoms with E-state index in [9.17, 15) is 4.79 Å². The Balaban J connectivity index is 2.03. The highest BCUT2D eigenvalue weighted by molar-refractivity contribution is 5.92. The van der Waals surface area contributed by atoms with Gasteiger partial charge in [0.2, 0.25) is 5.91 Å². The van der Waals surface area contributed by atoms with Crippen molar-refractivity contribution in [3.63, 3.8) is 0 Å². The van der Waals surface area contributed by atoms with E-state index in [2.05, 4.69) is 19.2 Å². The van der Waals surface area contributed by atoms with Crippen LogP contribution < -0.4 is 14.8 Å². The van der Waals surface area contributed by atoms with Crippen LogP contribution in [-0.4, -0.2) is 37.6 Å². The third-order valence-corrected chi connectivity index (χ3v) is 3.87. The van der Waals surface area contributed by atoms with Crippen LogP contribution in [-0.2, 0) is 11.3 Å². The van der Waals surface area contributed by atoms with Crippen molar-refractivity contribution in [3.8, 4) is 11.5 Å². The summed E-state index contributed by atoms with van der Waals surface area (Å²) in [7, 11) is 3.15. The molecule has 1 aromatic heterocycles. The minimum Gasteiger partial charge on any atom is -0.497 e. The zero-order valence-electron chi connectivity index (χ0n) is 15.5. The summed E-state index contributed by atoms with van der Waals surface area (Å²) in [6, 6.07) is 9.35. The Bertz CT molecular complexity index is 687. The molecule has 0 radical (unpaired) electrons. The molecule has 0 aliphatic heterocycles. The topological polar surface area (TPSA) is 63.9 Å². The number of ether oxygens (including phenoxy) is 2. The largest absolute Gasteiger partial charge is 0.497 e. The van der Waals surface area contributed by atoms with Gasteiger partial charge in [0.15, 0.2) is 0 Å². The van der Waals surface area contributed by atoms with Crippen molar-refractivity contribution < 1.29 is 18.7 Å². The maximum atomic E-state index is 12.5. The van der Waals surface area contributed by atoms with Crippen molar-refractivity contribution in [2.75, 3.05) is 26.1 Å². The molecule has 1 heterocycles. The van der Waals surface area contributed by atoms with E-state index in [-0.39, 0.29) is 18.5 Å². The molecule has 0 spiro atoms. The summed E-state index contributed by atoms with van der Waals surface area (Å²) in [6.07, 6.45) is 0. The van der Waals surface area contributed by atoms with Crippen LogP contribution in [0.5, 0.6) is 11.5 Å². The van der Waals surface area contributed by atoms with Crippen LogP contribution >= 0.6 is 0 Å². The number of nitrogens with one attached hydrogen (secondary N) is 1.